The molecule has 1 aromatic rings. The van der Waals surface area contributed by atoms with Crippen molar-refractivity contribution in [3.63, 3.8) is 0 Å². The molecular weight excluding hydrogens is 279 g/mol. The average molecular weight is 297 g/mol. The highest BCUT2D eigenvalue weighted by atomic mass is 35.5. The summed E-state index contributed by atoms with van der Waals surface area (Å²) in [4.78, 5) is 14.4. The molecule has 0 radical (unpaired) electrons. The van der Waals surface area contributed by atoms with Crippen LogP contribution in [0.4, 0.5) is 4.39 Å². The van der Waals surface area contributed by atoms with Crippen LogP contribution in [-0.4, -0.2) is 29.9 Å². The molecule has 1 saturated carbocycles. The maximum atomic E-state index is 13.9. The van der Waals surface area contributed by atoms with E-state index in [0.717, 1.165) is 19.4 Å². The van der Waals surface area contributed by atoms with Crippen LogP contribution in [0.5, 0.6) is 0 Å². The number of carbonyl (C=O) groups is 1. The number of halogens is 2. The molecule has 20 heavy (non-hydrogen) atoms. The molecule has 0 spiro atoms. The molecule has 0 aromatic heterocycles. The third-order valence-electron chi connectivity index (χ3n) is 4.41. The van der Waals surface area contributed by atoms with Crippen LogP contribution >= 0.6 is 11.6 Å². The Morgan fingerprint density at radius 3 is 3.00 bits per heavy atom. The number of likely N-dealkylation sites (tertiary alicyclic amines) is 1. The number of benzene rings is 1. The van der Waals surface area contributed by atoms with E-state index in [2.05, 4.69) is 0 Å². The Hall–Kier alpha value is -1.13. The average Bonchev–Trinajstić information content (AvgIpc) is 3.05. The Bertz CT molecular complexity index is 516. The van der Waals surface area contributed by atoms with Gasteiger partial charge in [0.05, 0.1) is 0 Å². The fourth-order valence-corrected chi connectivity index (χ4v) is 3.54. The van der Waals surface area contributed by atoms with Crippen molar-refractivity contribution < 1.29 is 9.18 Å². The second-order valence-corrected chi connectivity index (χ2v) is 6.05. The zero-order valence-electron chi connectivity index (χ0n) is 11.2. The molecule has 108 valence electrons. The van der Waals surface area contributed by atoms with Gasteiger partial charge in [-0.3, -0.25) is 4.79 Å². The lowest BCUT2D eigenvalue weighted by molar-refractivity contribution is -0.133. The van der Waals surface area contributed by atoms with E-state index in [1.54, 1.807) is 12.1 Å². The zero-order chi connectivity index (χ0) is 14.3. The van der Waals surface area contributed by atoms with Gasteiger partial charge in [-0.05, 0) is 31.4 Å². The van der Waals surface area contributed by atoms with Gasteiger partial charge in [-0.2, -0.15) is 0 Å². The second kappa shape index (κ2) is 5.34. The van der Waals surface area contributed by atoms with Crippen LogP contribution in [0, 0.1) is 11.7 Å². The molecule has 1 aliphatic carbocycles. The van der Waals surface area contributed by atoms with Crippen LogP contribution in [0.1, 0.15) is 30.7 Å². The summed E-state index contributed by atoms with van der Waals surface area (Å²) in [6.45, 7) is 1.28. The van der Waals surface area contributed by atoms with E-state index in [1.165, 1.54) is 6.07 Å². The van der Waals surface area contributed by atoms with Gasteiger partial charge in [-0.15, -0.1) is 0 Å². The normalized spacial score (nSPS) is 28.8. The lowest BCUT2D eigenvalue weighted by atomic mass is 10.1. The second-order valence-electron chi connectivity index (χ2n) is 5.65. The van der Waals surface area contributed by atoms with Gasteiger partial charge in [0.25, 0.3) is 0 Å². The van der Waals surface area contributed by atoms with Crippen LogP contribution in [0.2, 0.25) is 5.02 Å². The highest BCUT2D eigenvalue weighted by molar-refractivity contribution is 6.31. The van der Waals surface area contributed by atoms with Crippen LogP contribution in [0.3, 0.4) is 0 Å². The van der Waals surface area contributed by atoms with E-state index in [-0.39, 0.29) is 29.6 Å². The van der Waals surface area contributed by atoms with Crippen molar-refractivity contribution >= 4 is 17.5 Å². The Balaban J connectivity index is 1.74. The van der Waals surface area contributed by atoms with Gasteiger partial charge in [0.15, 0.2) is 0 Å². The first kappa shape index (κ1) is 13.8. The number of nitrogens with two attached hydrogens (primary N) is 1. The molecular formula is C15H18ClFN2O. The molecule has 3 atom stereocenters. The monoisotopic (exact) mass is 296 g/mol. The van der Waals surface area contributed by atoms with Crippen LogP contribution < -0.4 is 5.73 Å². The predicted octanol–water partition coefficient (Wildman–Crippen LogP) is 2.53. The lowest BCUT2D eigenvalue weighted by Crippen LogP contribution is -2.40. The topological polar surface area (TPSA) is 46.3 Å². The van der Waals surface area contributed by atoms with Gasteiger partial charge in [-0.1, -0.05) is 17.7 Å². The third-order valence-corrected chi connectivity index (χ3v) is 4.74. The number of rotatable bonds is 3. The largest absolute Gasteiger partial charge is 0.338 e. The van der Waals surface area contributed by atoms with Gasteiger partial charge in [0, 0.05) is 41.6 Å². The molecule has 2 aliphatic rings. The smallest absolute Gasteiger partial charge is 0.226 e. The number of amides is 1. The molecule has 1 amide bonds. The Morgan fingerprint density at radius 1 is 1.50 bits per heavy atom. The van der Waals surface area contributed by atoms with Gasteiger partial charge in [-0.25, -0.2) is 4.39 Å². The molecule has 0 bridgehead atoms. The maximum Gasteiger partial charge on any atom is 0.226 e. The van der Waals surface area contributed by atoms with Gasteiger partial charge >= 0.3 is 0 Å². The summed E-state index contributed by atoms with van der Waals surface area (Å²) in [5.74, 6) is -0.399. The molecule has 2 N–H and O–H groups in total. The Kier molecular flexibility index (Phi) is 3.69. The highest BCUT2D eigenvalue weighted by Gasteiger charge is 2.49. The summed E-state index contributed by atoms with van der Waals surface area (Å²) < 4.78 is 13.9. The summed E-state index contributed by atoms with van der Waals surface area (Å²) in [5.41, 5.74) is 6.20. The first-order valence-corrected chi connectivity index (χ1v) is 7.45. The molecule has 1 heterocycles. The number of hydrogen-bond acceptors (Lipinski definition) is 2. The molecule has 1 aliphatic heterocycles. The molecule has 1 saturated heterocycles. The zero-order valence-corrected chi connectivity index (χ0v) is 11.9. The van der Waals surface area contributed by atoms with Crippen LogP contribution in [0.15, 0.2) is 18.2 Å². The van der Waals surface area contributed by atoms with Crippen molar-refractivity contribution in [2.45, 2.75) is 31.2 Å². The van der Waals surface area contributed by atoms with Crippen molar-refractivity contribution in [1.29, 1.82) is 0 Å². The van der Waals surface area contributed by atoms with E-state index < -0.39 is 0 Å². The van der Waals surface area contributed by atoms with Crippen molar-refractivity contribution in [3.8, 4) is 0 Å². The molecule has 3 rings (SSSR count). The fraction of sp³-hybridized carbons (Fsp3) is 0.533. The number of hydrogen-bond donors (Lipinski definition) is 1. The SMILES string of the molecule is NCC1CCCN1C(=O)C1CC1c1c(F)cccc1Cl. The summed E-state index contributed by atoms with van der Waals surface area (Å²) in [6, 6.07) is 4.82. The van der Waals surface area contributed by atoms with Crippen molar-refractivity contribution in [1.82, 2.24) is 4.90 Å². The van der Waals surface area contributed by atoms with Gasteiger partial charge < -0.3 is 10.6 Å². The molecule has 5 heteroatoms. The predicted molar refractivity (Wildman–Crippen MR) is 76.0 cm³/mol. The minimum Gasteiger partial charge on any atom is -0.338 e. The summed E-state index contributed by atoms with van der Waals surface area (Å²) in [5, 5.41) is 0.419. The van der Waals surface area contributed by atoms with Crippen LogP contribution in [0.25, 0.3) is 0 Å². The van der Waals surface area contributed by atoms with Crippen molar-refractivity contribution in [2.75, 3.05) is 13.1 Å². The summed E-state index contributed by atoms with van der Waals surface area (Å²) in [6.07, 6.45) is 2.67. The Morgan fingerprint density at radius 2 is 2.30 bits per heavy atom. The van der Waals surface area contributed by atoms with Gasteiger partial charge in [0.2, 0.25) is 5.91 Å². The van der Waals surface area contributed by atoms with E-state index in [0.29, 0.717) is 23.6 Å². The van der Waals surface area contributed by atoms with E-state index in [9.17, 15) is 9.18 Å². The van der Waals surface area contributed by atoms with E-state index in [4.69, 9.17) is 17.3 Å². The van der Waals surface area contributed by atoms with Crippen LogP contribution in [-0.2, 0) is 4.79 Å². The quantitative estimate of drug-likeness (QED) is 0.932. The van der Waals surface area contributed by atoms with Crippen molar-refractivity contribution in [3.05, 3.63) is 34.6 Å². The third kappa shape index (κ3) is 2.31. The van der Waals surface area contributed by atoms with Gasteiger partial charge in [0.1, 0.15) is 5.82 Å². The lowest BCUT2D eigenvalue weighted by Gasteiger charge is -2.23. The Labute approximate surface area is 122 Å². The number of carbonyl (C=O) groups excluding carboxylic acids is 1. The first-order chi connectivity index (χ1) is 9.63. The molecule has 3 unspecified atom stereocenters. The summed E-state index contributed by atoms with van der Waals surface area (Å²) >= 11 is 6.07. The highest BCUT2D eigenvalue weighted by Crippen LogP contribution is 2.51. The molecule has 2 fully saturated rings. The minimum absolute atomic E-state index is 0.0739. The number of nitrogens with zero attached hydrogens (tertiary/aromatic N) is 1. The summed E-state index contributed by atoms with van der Waals surface area (Å²) in [7, 11) is 0. The van der Waals surface area contributed by atoms with E-state index in [1.807, 2.05) is 4.90 Å². The minimum atomic E-state index is -0.311. The van der Waals surface area contributed by atoms with E-state index >= 15 is 0 Å². The van der Waals surface area contributed by atoms with Crippen molar-refractivity contribution in [2.24, 2.45) is 11.7 Å². The fourth-order valence-electron chi connectivity index (χ4n) is 3.24. The maximum absolute atomic E-state index is 13.9. The standard InChI is InChI=1S/C15H18ClFN2O/c16-12-4-1-5-13(17)14(12)10-7-11(10)15(20)19-6-2-3-9(19)8-18/h1,4-5,9-11H,2-3,6-8,18H2. The molecule has 1 aromatic carbocycles. The first-order valence-electron chi connectivity index (χ1n) is 7.08. The molecule has 3 nitrogen and oxygen atoms in total.